The van der Waals surface area contributed by atoms with E-state index in [0.29, 0.717) is 11.3 Å². The van der Waals surface area contributed by atoms with Crippen LogP contribution in [0.15, 0.2) is 47.9 Å². The first-order valence-electron chi connectivity index (χ1n) is 8.28. The van der Waals surface area contributed by atoms with Gasteiger partial charge in [0.15, 0.2) is 16.8 Å². The summed E-state index contributed by atoms with van der Waals surface area (Å²) in [7, 11) is 1.63. The van der Waals surface area contributed by atoms with Crippen molar-refractivity contribution in [2.24, 2.45) is 0 Å². The summed E-state index contributed by atoms with van der Waals surface area (Å²) in [6.45, 7) is 4.38. The number of thioether (sulfide) groups is 1. The molecule has 0 spiro atoms. The predicted octanol–water partition coefficient (Wildman–Crippen LogP) is 3.86. The van der Waals surface area contributed by atoms with Gasteiger partial charge in [-0.15, -0.1) is 10.2 Å². The Bertz CT molecular complexity index is 909. The highest BCUT2D eigenvalue weighted by Gasteiger charge is 2.15. The molecule has 3 rings (SSSR count). The van der Waals surface area contributed by atoms with Crippen molar-refractivity contribution in [2.45, 2.75) is 31.3 Å². The van der Waals surface area contributed by atoms with Crippen LogP contribution in [0.2, 0.25) is 0 Å². The van der Waals surface area contributed by atoms with Crippen molar-refractivity contribution in [3.8, 4) is 17.1 Å². The molecule has 134 valence electrons. The van der Waals surface area contributed by atoms with Gasteiger partial charge in [0.25, 0.3) is 0 Å². The maximum absolute atomic E-state index is 11.7. The van der Waals surface area contributed by atoms with E-state index < -0.39 is 0 Å². The van der Waals surface area contributed by atoms with Gasteiger partial charge in [-0.25, -0.2) is 0 Å². The Hall–Kier alpha value is -2.67. The summed E-state index contributed by atoms with van der Waals surface area (Å²) in [4.78, 5) is 15.8. The number of Topliss-reactive ketones (excluding diaryl/α,β-unsaturated/α-hetero) is 1. The molecule has 3 aromatic rings. The van der Waals surface area contributed by atoms with E-state index in [1.807, 2.05) is 24.3 Å². The Morgan fingerprint density at radius 1 is 1.27 bits per heavy atom. The lowest BCUT2D eigenvalue weighted by atomic mass is 10.1. The second-order valence-electron chi connectivity index (χ2n) is 5.66. The number of pyridine rings is 1. The highest BCUT2D eigenvalue weighted by Crippen LogP contribution is 2.30. The van der Waals surface area contributed by atoms with Crippen molar-refractivity contribution in [3.63, 3.8) is 0 Å². The van der Waals surface area contributed by atoms with E-state index in [1.165, 1.54) is 0 Å². The molecular formula is C19H20N4O2S. The summed E-state index contributed by atoms with van der Waals surface area (Å²) in [5, 5.41) is 9.48. The minimum absolute atomic E-state index is 0.0366. The number of ketones is 1. The van der Waals surface area contributed by atoms with Gasteiger partial charge in [0.1, 0.15) is 5.75 Å². The van der Waals surface area contributed by atoms with Gasteiger partial charge in [-0.1, -0.05) is 11.8 Å². The molecule has 6 nitrogen and oxygen atoms in total. The van der Waals surface area contributed by atoms with Gasteiger partial charge in [-0.2, -0.15) is 0 Å². The number of carbonyl (C=O) groups excluding carboxylic acids is 1. The smallest absolute Gasteiger partial charge is 0.191 e. The lowest BCUT2D eigenvalue weighted by Gasteiger charge is -2.10. The van der Waals surface area contributed by atoms with Crippen LogP contribution in [0.3, 0.4) is 0 Å². The number of carbonyl (C=O) groups is 1. The van der Waals surface area contributed by atoms with Gasteiger partial charge in [0.2, 0.25) is 0 Å². The monoisotopic (exact) mass is 368 g/mol. The SMILES string of the molecule is CCn1c(SCc2cc(C(C)=O)ccc2OC)nnc1-c1cccnc1. The van der Waals surface area contributed by atoms with Crippen molar-refractivity contribution in [2.75, 3.05) is 7.11 Å². The first-order valence-corrected chi connectivity index (χ1v) is 9.26. The maximum atomic E-state index is 11.7. The van der Waals surface area contributed by atoms with Gasteiger partial charge in [-0.05, 0) is 44.2 Å². The molecule has 0 unspecified atom stereocenters. The zero-order valence-electron chi connectivity index (χ0n) is 15.0. The van der Waals surface area contributed by atoms with E-state index in [0.717, 1.165) is 34.4 Å². The van der Waals surface area contributed by atoms with Gasteiger partial charge in [-0.3, -0.25) is 9.78 Å². The second kappa shape index (κ2) is 8.14. The van der Waals surface area contributed by atoms with Gasteiger partial charge in [0, 0.05) is 41.4 Å². The summed E-state index contributed by atoms with van der Waals surface area (Å²) in [6, 6.07) is 9.34. The van der Waals surface area contributed by atoms with Crippen molar-refractivity contribution < 1.29 is 9.53 Å². The lowest BCUT2D eigenvalue weighted by Crippen LogP contribution is -2.01. The van der Waals surface area contributed by atoms with Crippen LogP contribution in [-0.4, -0.2) is 32.6 Å². The minimum Gasteiger partial charge on any atom is -0.496 e. The zero-order valence-corrected chi connectivity index (χ0v) is 15.8. The molecule has 0 fully saturated rings. The summed E-state index contributed by atoms with van der Waals surface area (Å²) in [5.41, 5.74) is 2.57. The fraction of sp³-hybridized carbons (Fsp3) is 0.263. The Morgan fingerprint density at radius 3 is 2.77 bits per heavy atom. The number of benzene rings is 1. The molecule has 26 heavy (non-hydrogen) atoms. The molecule has 0 saturated carbocycles. The van der Waals surface area contributed by atoms with Gasteiger partial charge >= 0.3 is 0 Å². The predicted molar refractivity (Wildman–Crippen MR) is 101 cm³/mol. The van der Waals surface area contributed by atoms with E-state index in [2.05, 4.69) is 26.7 Å². The highest BCUT2D eigenvalue weighted by atomic mass is 32.2. The summed E-state index contributed by atoms with van der Waals surface area (Å²) < 4.78 is 7.48. The maximum Gasteiger partial charge on any atom is 0.191 e. The van der Waals surface area contributed by atoms with Crippen LogP contribution in [0.4, 0.5) is 0 Å². The van der Waals surface area contributed by atoms with Gasteiger partial charge in [0.05, 0.1) is 7.11 Å². The summed E-state index contributed by atoms with van der Waals surface area (Å²) in [6.07, 6.45) is 3.52. The third-order valence-corrected chi connectivity index (χ3v) is 5.01. The molecular weight excluding hydrogens is 348 g/mol. The molecule has 0 radical (unpaired) electrons. The van der Waals surface area contributed by atoms with Crippen LogP contribution in [-0.2, 0) is 12.3 Å². The molecule has 2 heterocycles. The van der Waals surface area contributed by atoms with Gasteiger partial charge < -0.3 is 9.30 Å². The van der Waals surface area contributed by atoms with Crippen molar-refractivity contribution >= 4 is 17.5 Å². The number of hydrogen-bond donors (Lipinski definition) is 0. The fourth-order valence-electron chi connectivity index (χ4n) is 2.64. The first kappa shape index (κ1) is 18.1. The fourth-order valence-corrected chi connectivity index (χ4v) is 3.62. The van der Waals surface area contributed by atoms with E-state index in [9.17, 15) is 4.79 Å². The quantitative estimate of drug-likeness (QED) is 0.466. The Morgan fingerprint density at radius 2 is 2.12 bits per heavy atom. The zero-order chi connectivity index (χ0) is 18.5. The standard InChI is InChI=1S/C19H20N4O2S/c1-4-23-18(15-6-5-9-20-11-15)21-22-19(23)26-12-16-10-14(13(2)24)7-8-17(16)25-3/h5-11H,4,12H2,1-3H3. The Kier molecular flexibility index (Phi) is 5.68. The van der Waals surface area contributed by atoms with Crippen molar-refractivity contribution in [1.82, 2.24) is 19.7 Å². The van der Waals surface area contributed by atoms with E-state index in [-0.39, 0.29) is 5.78 Å². The molecule has 0 amide bonds. The van der Waals surface area contributed by atoms with E-state index in [4.69, 9.17) is 4.74 Å². The van der Waals surface area contributed by atoms with Crippen LogP contribution >= 0.6 is 11.8 Å². The molecule has 0 aliphatic rings. The minimum atomic E-state index is 0.0366. The topological polar surface area (TPSA) is 69.9 Å². The second-order valence-corrected chi connectivity index (χ2v) is 6.61. The normalized spacial score (nSPS) is 10.7. The third-order valence-electron chi connectivity index (χ3n) is 4.00. The average molecular weight is 368 g/mol. The lowest BCUT2D eigenvalue weighted by molar-refractivity contribution is 0.101. The number of rotatable bonds is 7. The number of aromatic nitrogens is 4. The number of hydrogen-bond acceptors (Lipinski definition) is 6. The van der Waals surface area contributed by atoms with E-state index >= 15 is 0 Å². The molecule has 0 bridgehead atoms. The van der Waals surface area contributed by atoms with Crippen LogP contribution < -0.4 is 4.74 Å². The molecule has 0 saturated heterocycles. The molecule has 0 atom stereocenters. The van der Waals surface area contributed by atoms with Crippen LogP contribution in [0.25, 0.3) is 11.4 Å². The number of nitrogens with zero attached hydrogens (tertiary/aromatic N) is 4. The number of methoxy groups -OCH3 is 1. The average Bonchev–Trinajstić information content (AvgIpc) is 3.09. The molecule has 0 aliphatic heterocycles. The first-order chi connectivity index (χ1) is 12.6. The largest absolute Gasteiger partial charge is 0.496 e. The highest BCUT2D eigenvalue weighted by molar-refractivity contribution is 7.98. The molecule has 7 heteroatoms. The molecule has 0 aliphatic carbocycles. The molecule has 0 N–H and O–H groups in total. The molecule has 1 aromatic carbocycles. The number of ether oxygens (including phenoxy) is 1. The molecule has 2 aromatic heterocycles. The third kappa shape index (κ3) is 3.77. The van der Waals surface area contributed by atoms with Crippen molar-refractivity contribution in [1.29, 1.82) is 0 Å². The Balaban J connectivity index is 1.86. The van der Waals surface area contributed by atoms with Crippen LogP contribution in [0, 0.1) is 0 Å². The summed E-state index contributed by atoms with van der Waals surface area (Å²) >= 11 is 1.57. The Labute approximate surface area is 156 Å². The van der Waals surface area contributed by atoms with Crippen molar-refractivity contribution in [3.05, 3.63) is 53.9 Å². The summed E-state index contributed by atoms with van der Waals surface area (Å²) in [5.74, 6) is 2.23. The van der Waals surface area contributed by atoms with E-state index in [1.54, 1.807) is 44.3 Å². The van der Waals surface area contributed by atoms with Crippen LogP contribution in [0.5, 0.6) is 5.75 Å². The van der Waals surface area contributed by atoms with Crippen LogP contribution in [0.1, 0.15) is 29.8 Å².